The Hall–Kier alpha value is -2.20. The van der Waals surface area contributed by atoms with E-state index >= 15 is 0 Å². The van der Waals surface area contributed by atoms with Crippen LogP contribution in [0.3, 0.4) is 0 Å². The fraction of sp³-hybridized carbons (Fsp3) is 0.278. The summed E-state index contributed by atoms with van der Waals surface area (Å²) < 4.78 is 13.8. The van der Waals surface area contributed by atoms with Crippen LogP contribution in [0.15, 0.2) is 54.6 Å². The van der Waals surface area contributed by atoms with Gasteiger partial charge < -0.3 is 10.0 Å². The molecule has 1 saturated carbocycles. The van der Waals surface area contributed by atoms with Gasteiger partial charge in [0.15, 0.2) is 6.10 Å². The third-order valence-corrected chi connectivity index (χ3v) is 3.92. The average molecular weight is 299 g/mol. The van der Waals surface area contributed by atoms with Gasteiger partial charge in [-0.3, -0.25) is 4.79 Å². The fourth-order valence-corrected chi connectivity index (χ4v) is 2.52. The van der Waals surface area contributed by atoms with E-state index in [0.717, 1.165) is 12.8 Å². The fourth-order valence-electron chi connectivity index (χ4n) is 2.52. The molecular formula is C18H18FNO2. The van der Waals surface area contributed by atoms with E-state index in [4.69, 9.17) is 0 Å². The van der Waals surface area contributed by atoms with E-state index in [-0.39, 0.29) is 24.3 Å². The first-order valence-corrected chi connectivity index (χ1v) is 7.43. The van der Waals surface area contributed by atoms with Crippen LogP contribution in [-0.2, 0) is 11.3 Å². The second-order valence-electron chi connectivity index (χ2n) is 5.60. The first kappa shape index (κ1) is 14.7. The molecule has 4 heteroatoms. The smallest absolute Gasteiger partial charge is 0.256 e. The van der Waals surface area contributed by atoms with Crippen LogP contribution in [0.2, 0.25) is 0 Å². The molecule has 0 saturated heterocycles. The SMILES string of the molecule is O=C(C(O)c1ccccc1)N(Cc1ccccc1F)C1CC1. The van der Waals surface area contributed by atoms with Gasteiger partial charge in [0, 0.05) is 18.2 Å². The summed E-state index contributed by atoms with van der Waals surface area (Å²) in [5.41, 5.74) is 1.04. The molecule has 2 aromatic carbocycles. The molecule has 1 atom stereocenters. The minimum Gasteiger partial charge on any atom is -0.378 e. The maximum absolute atomic E-state index is 13.8. The van der Waals surface area contributed by atoms with Gasteiger partial charge in [0.25, 0.3) is 5.91 Å². The highest BCUT2D eigenvalue weighted by atomic mass is 19.1. The second kappa shape index (κ2) is 6.28. The van der Waals surface area contributed by atoms with E-state index in [0.29, 0.717) is 11.1 Å². The number of benzene rings is 2. The molecule has 0 heterocycles. The average Bonchev–Trinajstić information content (AvgIpc) is 3.38. The van der Waals surface area contributed by atoms with Gasteiger partial charge in [0.2, 0.25) is 0 Å². The summed E-state index contributed by atoms with van der Waals surface area (Å²) in [5.74, 6) is -0.688. The van der Waals surface area contributed by atoms with E-state index in [1.807, 2.05) is 6.07 Å². The zero-order valence-corrected chi connectivity index (χ0v) is 12.2. The Kier molecular flexibility index (Phi) is 4.20. The lowest BCUT2D eigenvalue weighted by molar-refractivity contribution is -0.141. The van der Waals surface area contributed by atoms with E-state index in [1.54, 1.807) is 47.4 Å². The maximum Gasteiger partial charge on any atom is 0.256 e. The van der Waals surface area contributed by atoms with Crippen LogP contribution in [0.4, 0.5) is 4.39 Å². The van der Waals surface area contributed by atoms with Crippen LogP contribution in [-0.4, -0.2) is 22.0 Å². The lowest BCUT2D eigenvalue weighted by Gasteiger charge is -2.25. The number of aliphatic hydroxyl groups excluding tert-OH is 1. The molecule has 1 N–H and O–H groups in total. The van der Waals surface area contributed by atoms with Crippen LogP contribution in [0, 0.1) is 5.82 Å². The number of amides is 1. The quantitative estimate of drug-likeness (QED) is 0.922. The second-order valence-corrected chi connectivity index (χ2v) is 5.60. The molecule has 0 aliphatic heterocycles. The molecule has 0 bridgehead atoms. The number of hydrogen-bond acceptors (Lipinski definition) is 2. The van der Waals surface area contributed by atoms with Gasteiger partial charge in [-0.05, 0) is 24.5 Å². The Labute approximate surface area is 129 Å². The summed E-state index contributed by atoms with van der Waals surface area (Å²) in [4.78, 5) is 14.2. The molecule has 1 aliphatic carbocycles. The van der Waals surface area contributed by atoms with Crippen molar-refractivity contribution in [3.05, 3.63) is 71.5 Å². The third-order valence-electron chi connectivity index (χ3n) is 3.92. The Bertz CT molecular complexity index is 655. The highest BCUT2D eigenvalue weighted by Crippen LogP contribution is 2.31. The molecule has 1 unspecified atom stereocenters. The highest BCUT2D eigenvalue weighted by molar-refractivity contribution is 5.82. The van der Waals surface area contributed by atoms with Gasteiger partial charge in [-0.2, -0.15) is 0 Å². The Morgan fingerprint density at radius 2 is 1.77 bits per heavy atom. The number of halogens is 1. The maximum atomic E-state index is 13.8. The lowest BCUT2D eigenvalue weighted by Crippen LogP contribution is -2.36. The Morgan fingerprint density at radius 1 is 1.14 bits per heavy atom. The van der Waals surface area contributed by atoms with Gasteiger partial charge in [0.05, 0.1) is 0 Å². The molecule has 1 aliphatic rings. The lowest BCUT2D eigenvalue weighted by atomic mass is 10.1. The first-order valence-electron chi connectivity index (χ1n) is 7.43. The van der Waals surface area contributed by atoms with Gasteiger partial charge in [-0.25, -0.2) is 4.39 Å². The van der Waals surface area contributed by atoms with Crippen molar-refractivity contribution < 1.29 is 14.3 Å². The molecule has 1 amide bonds. The zero-order chi connectivity index (χ0) is 15.5. The van der Waals surface area contributed by atoms with E-state index in [1.165, 1.54) is 6.07 Å². The van der Waals surface area contributed by atoms with Crippen molar-refractivity contribution in [2.24, 2.45) is 0 Å². The Morgan fingerprint density at radius 3 is 2.41 bits per heavy atom. The topological polar surface area (TPSA) is 40.5 Å². The monoisotopic (exact) mass is 299 g/mol. The van der Waals surface area contributed by atoms with Crippen LogP contribution >= 0.6 is 0 Å². The van der Waals surface area contributed by atoms with E-state index in [9.17, 15) is 14.3 Å². The van der Waals surface area contributed by atoms with E-state index < -0.39 is 6.10 Å². The number of carbonyl (C=O) groups is 1. The molecule has 114 valence electrons. The summed E-state index contributed by atoms with van der Waals surface area (Å²) >= 11 is 0. The van der Waals surface area contributed by atoms with Crippen molar-refractivity contribution in [3.63, 3.8) is 0 Å². The van der Waals surface area contributed by atoms with Crippen molar-refractivity contribution in [3.8, 4) is 0 Å². The summed E-state index contributed by atoms with van der Waals surface area (Å²) in [5, 5.41) is 10.3. The van der Waals surface area contributed by atoms with Crippen LogP contribution in [0.25, 0.3) is 0 Å². The standard InChI is InChI=1S/C18H18FNO2/c19-16-9-5-4-8-14(16)12-20(15-10-11-15)18(22)17(21)13-6-2-1-3-7-13/h1-9,15,17,21H,10-12H2. The highest BCUT2D eigenvalue weighted by Gasteiger charge is 2.36. The van der Waals surface area contributed by atoms with Gasteiger partial charge >= 0.3 is 0 Å². The number of rotatable bonds is 5. The van der Waals surface area contributed by atoms with Crippen molar-refractivity contribution in [2.75, 3.05) is 0 Å². The summed E-state index contributed by atoms with van der Waals surface area (Å²) in [6, 6.07) is 15.4. The predicted molar refractivity (Wildman–Crippen MR) is 81.4 cm³/mol. The molecule has 0 radical (unpaired) electrons. The minimum absolute atomic E-state index is 0.102. The number of nitrogens with zero attached hydrogens (tertiary/aromatic N) is 1. The van der Waals surface area contributed by atoms with Crippen molar-refractivity contribution in [2.45, 2.75) is 31.5 Å². The molecular weight excluding hydrogens is 281 g/mol. The first-order chi connectivity index (χ1) is 10.7. The van der Waals surface area contributed by atoms with Gasteiger partial charge in [-0.15, -0.1) is 0 Å². The summed E-state index contributed by atoms with van der Waals surface area (Å²) in [6.07, 6.45) is 0.609. The van der Waals surface area contributed by atoms with Gasteiger partial charge in [-0.1, -0.05) is 48.5 Å². The molecule has 22 heavy (non-hydrogen) atoms. The largest absolute Gasteiger partial charge is 0.378 e. The van der Waals surface area contributed by atoms with Crippen molar-refractivity contribution in [1.29, 1.82) is 0 Å². The van der Waals surface area contributed by atoms with Crippen LogP contribution < -0.4 is 0 Å². The van der Waals surface area contributed by atoms with Gasteiger partial charge in [0.1, 0.15) is 5.82 Å². The number of carbonyl (C=O) groups excluding carboxylic acids is 1. The zero-order valence-electron chi connectivity index (χ0n) is 12.2. The normalized spacial score (nSPS) is 15.4. The summed E-state index contributed by atoms with van der Waals surface area (Å²) in [7, 11) is 0. The van der Waals surface area contributed by atoms with Crippen molar-refractivity contribution in [1.82, 2.24) is 4.90 Å². The third kappa shape index (κ3) is 3.17. The van der Waals surface area contributed by atoms with Crippen molar-refractivity contribution >= 4 is 5.91 Å². The molecule has 1 fully saturated rings. The molecule has 0 spiro atoms. The minimum atomic E-state index is -1.20. The number of aliphatic hydroxyl groups is 1. The van der Waals surface area contributed by atoms with Crippen LogP contribution in [0.5, 0.6) is 0 Å². The molecule has 2 aromatic rings. The number of hydrogen-bond donors (Lipinski definition) is 1. The molecule has 0 aromatic heterocycles. The Balaban J connectivity index is 1.79. The summed E-state index contributed by atoms with van der Waals surface area (Å²) in [6.45, 7) is 0.195. The molecule has 3 nitrogen and oxygen atoms in total. The van der Waals surface area contributed by atoms with Crippen LogP contribution in [0.1, 0.15) is 30.1 Å². The molecule has 3 rings (SSSR count). The van der Waals surface area contributed by atoms with E-state index in [2.05, 4.69) is 0 Å². The predicted octanol–water partition coefficient (Wildman–Crippen LogP) is 3.05.